The van der Waals surface area contributed by atoms with Gasteiger partial charge < -0.3 is 9.84 Å². The first-order valence-electron chi connectivity index (χ1n) is 11.9. The molecule has 3 nitrogen and oxygen atoms in total. The lowest BCUT2D eigenvalue weighted by Crippen LogP contribution is -2.11. The van der Waals surface area contributed by atoms with Crippen LogP contribution in [0.25, 0.3) is 0 Å². The highest BCUT2D eigenvalue weighted by atomic mass is 19.2. The fourth-order valence-corrected chi connectivity index (χ4v) is 3.55. The number of hydrogen-bond donors (Lipinski definition) is 1. The molecule has 0 spiro atoms. The summed E-state index contributed by atoms with van der Waals surface area (Å²) >= 11 is 0. The van der Waals surface area contributed by atoms with Crippen molar-refractivity contribution in [3.8, 4) is 0 Å². The van der Waals surface area contributed by atoms with Gasteiger partial charge in [0.25, 0.3) is 0 Å². The van der Waals surface area contributed by atoms with Crippen molar-refractivity contribution in [3.05, 3.63) is 71.0 Å². The van der Waals surface area contributed by atoms with Crippen LogP contribution in [0.2, 0.25) is 0 Å². The zero-order valence-corrected chi connectivity index (χ0v) is 21.5. The third-order valence-electron chi connectivity index (χ3n) is 5.18. The molecule has 1 aliphatic rings. The maximum Gasteiger partial charge on any atom is 0.159 e. The highest BCUT2D eigenvalue weighted by Gasteiger charge is 2.22. The standard InChI is InChI=1S/C15H25N.C12H14F2O.CH4O/c1-6-9-12-16-14(5)15(11-8-3)13(4)10-7-2;1-8-2-4-10(15-8)6-9-3-5-11(13)12(14)7-9;1-2/h8-9,11-12H,6-7,10H2,1-5H3;3,5,7-8,10H,2,4,6H2,1H3;2H,1H3/b11-8-,12-9+,15-13+,16-14+;;. The Morgan fingerprint density at radius 3 is 2.36 bits per heavy atom. The van der Waals surface area contributed by atoms with Gasteiger partial charge in [0.2, 0.25) is 0 Å². The van der Waals surface area contributed by atoms with Crippen molar-refractivity contribution in [2.24, 2.45) is 4.99 Å². The average molecular weight is 464 g/mol. The second-order valence-corrected chi connectivity index (χ2v) is 8.05. The van der Waals surface area contributed by atoms with Crippen LogP contribution in [0.3, 0.4) is 0 Å². The molecule has 2 unspecified atom stereocenters. The summed E-state index contributed by atoms with van der Waals surface area (Å²) in [6, 6.07) is 4.04. The van der Waals surface area contributed by atoms with Crippen molar-refractivity contribution in [2.45, 2.75) is 92.3 Å². The Bertz CT molecular complexity index is 797. The van der Waals surface area contributed by atoms with Gasteiger partial charge in [-0.05, 0) is 83.1 Å². The van der Waals surface area contributed by atoms with E-state index in [9.17, 15) is 8.78 Å². The van der Waals surface area contributed by atoms with Gasteiger partial charge in [-0.1, -0.05) is 50.1 Å². The molecule has 0 bridgehead atoms. The van der Waals surface area contributed by atoms with Crippen molar-refractivity contribution in [1.29, 1.82) is 0 Å². The van der Waals surface area contributed by atoms with E-state index < -0.39 is 11.6 Å². The first-order valence-corrected chi connectivity index (χ1v) is 11.9. The molecule has 0 saturated carbocycles. The topological polar surface area (TPSA) is 41.8 Å². The van der Waals surface area contributed by atoms with Gasteiger partial charge in [0.05, 0.1) is 12.2 Å². The Hall–Kier alpha value is -2.11. The second kappa shape index (κ2) is 18.3. The van der Waals surface area contributed by atoms with Crippen molar-refractivity contribution in [2.75, 3.05) is 7.11 Å². The van der Waals surface area contributed by atoms with Gasteiger partial charge in [-0.15, -0.1) is 0 Å². The second-order valence-electron chi connectivity index (χ2n) is 8.05. The van der Waals surface area contributed by atoms with Crippen molar-refractivity contribution in [1.82, 2.24) is 0 Å². The van der Waals surface area contributed by atoms with E-state index in [1.165, 1.54) is 29.7 Å². The van der Waals surface area contributed by atoms with Gasteiger partial charge in [-0.25, -0.2) is 8.78 Å². The number of rotatable bonds is 8. The summed E-state index contributed by atoms with van der Waals surface area (Å²) in [5.74, 6) is -1.57. The summed E-state index contributed by atoms with van der Waals surface area (Å²) in [6.07, 6.45) is 14.7. The molecule has 1 fully saturated rings. The predicted molar refractivity (Wildman–Crippen MR) is 137 cm³/mol. The zero-order valence-electron chi connectivity index (χ0n) is 21.5. The normalized spacial score (nSPS) is 19.2. The van der Waals surface area contributed by atoms with Crippen LogP contribution in [0.1, 0.15) is 79.2 Å². The van der Waals surface area contributed by atoms with Crippen LogP contribution in [0, 0.1) is 11.6 Å². The van der Waals surface area contributed by atoms with E-state index >= 15 is 0 Å². The first-order chi connectivity index (χ1) is 15.8. The minimum absolute atomic E-state index is 0.157. The van der Waals surface area contributed by atoms with Gasteiger partial charge in [0.1, 0.15) is 0 Å². The summed E-state index contributed by atoms with van der Waals surface area (Å²) in [4.78, 5) is 4.46. The van der Waals surface area contributed by atoms with E-state index in [4.69, 9.17) is 9.84 Å². The molecule has 5 heteroatoms. The molecule has 2 rings (SSSR count). The third kappa shape index (κ3) is 12.6. The zero-order chi connectivity index (χ0) is 25.2. The van der Waals surface area contributed by atoms with Crippen LogP contribution in [-0.2, 0) is 11.2 Å². The SMILES string of the molecule is CC1CCC(Cc2ccc(F)c(F)c2)O1.CO.C\C=C/C(C(/C)=N/C=C/CC)=C(/C)CCC. The number of aliphatic hydroxyl groups is 1. The lowest BCUT2D eigenvalue weighted by Gasteiger charge is -2.10. The third-order valence-corrected chi connectivity index (χ3v) is 5.18. The molecule has 1 saturated heterocycles. The Balaban J connectivity index is 0.000000577. The Kier molecular flexibility index (Phi) is 17.2. The summed E-state index contributed by atoms with van der Waals surface area (Å²) in [5, 5.41) is 7.00. The monoisotopic (exact) mass is 463 g/mol. The van der Waals surface area contributed by atoms with Crippen molar-refractivity contribution < 1.29 is 18.6 Å². The van der Waals surface area contributed by atoms with Gasteiger partial charge in [0.15, 0.2) is 11.6 Å². The van der Waals surface area contributed by atoms with Crippen LogP contribution < -0.4 is 0 Å². The molecule has 1 heterocycles. The van der Waals surface area contributed by atoms with Crippen LogP contribution in [0.4, 0.5) is 8.78 Å². The number of ether oxygens (including phenoxy) is 1. The Labute approximate surface area is 200 Å². The fraction of sp³-hybridized carbons (Fsp3) is 0.536. The van der Waals surface area contributed by atoms with E-state index in [-0.39, 0.29) is 6.10 Å². The van der Waals surface area contributed by atoms with Crippen LogP contribution >= 0.6 is 0 Å². The minimum Gasteiger partial charge on any atom is -0.400 e. The molecule has 1 aromatic carbocycles. The molecule has 0 amide bonds. The van der Waals surface area contributed by atoms with E-state index in [1.54, 1.807) is 6.07 Å². The first kappa shape index (κ1) is 30.9. The molecule has 1 aromatic rings. The summed E-state index contributed by atoms with van der Waals surface area (Å²) in [6.45, 7) is 12.7. The maximum absolute atomic E-state index is 12.9. The quantitative estimate of drug-likeness (QED) is 0.316. The molecule has 33 heavy (non-hydrogen) atoms. The van der Waals surface area contributed by atoms with Gasteiger partial charge >= 0.3 is 0 Å². The van der Waals surface area contributed by atoms with Crippen LogP contribution in [-0.4, -0.2) is 30.1 Å². The molecule has 186 valence electrons. The summed E-state index contributed by atoms with van der Waals surface area (Å²) < 4.78 is 31.2. The number of aliphatic hydroxyl groups excluding tert-OH is 1. The van der Waals surface area contributed by atoms with E-state index in [0.29, 0.717) is 12.5 Å². The van der Waals surface area contributed by atoms with Crippen LogP contribution in [0.5, 0.6) is 0 Å². The lowest BCUT2D eigenvalue weighted by atomic mass is 10.0. The van der Waals surface area contributed by atoms with E-state index in [1.807, 2.05) is 20.0 Å². The average Bonchev–Trinajstić information content (AvgIpc) is 3.21. The Morgan fingerprint density at radius 2 is 1.85 bits per heavy atom. The smallest absolute Gasteiger partial charge is 0.159 e. The van der Waals surface area contributed by atoms with E-state index in [0.717, 1.165) is 44.1 Å². The molecule has 0 aliphatic carbocycles. The lowest BCUT2D eigenvalue weighted by molar-refractivity contribution is 0.0563. The van der Waals surface area contributed by atoms with Crippen LogP contribution in [0.15, 0.2) is 58.8 Å². The van der Waals surface area contributed by atoms with Gasteiger partial charge in [0, 0.05) is 19.0 Å². The highest BCUT2D eigenvalue weighted by molar-refractivity contribution is 6.01. The number of hydrogen-bond acceptors (Lipinski definition) is 3. The van der Waals surface area contributed by atoms with E-state index in [2.05, 4.69) is 50.9 Å². The Morgan fingerprint density at radius 1 is 1.15 bits per heavy atom. The number of aliphatic imine (C=N–C) groups is 1. The number of halogens is 2. The molecular formula is C28H43F2NO2. The minimum atomic E-state index is -0.792. The molecular weight excluding hydrogens is 420 g/mol. The summed E-state index contributed by atoms with van der Waals surface area (Å²) in [5.41, 5.74) is 4.61. The molecule has 0 radical (unpaired) electrons. The molecule has 0 aromatic heterocycles. The number of benzene rings is 1. The highest BCUT2D eigenvalue weighted by Crippen LogP contribution is 2.23. The maximum atomic E-state index is 12.9. The van der Waals surface area contributed by atoms with Gasteiger partial charge in [-0.3, -0.25) is 4.99 Å². The van der Waals surface area contributed by atoms with Crippen molar-refractivity contribution in [3.63, 3.8) is 0 Å². The summed E-state index contributed by atoms with van der Waals surface area (Å²) in [7, 11) is 1.00. The molecule has 2 atom stereocenters. The number of allylic oxidation sites excluding steroid dienone is 5. The van der Waals surface area contributed by atoms with Gasteiger partial charge in [-0.2, -0.15) is 0 Å². The largest absolute Gasteiger partial charge is 0.400 e. The van der Waals surface area contributed by atoms with Crippen molar-refractivity contribution >= 4 is 5.71 Å². The number of nitrogens with zero attached hydrogens (tertiary/aromatic N) is 1. The predicted octanol–water partition coefficient (Wildman–Crippen LogP) is 7.75. The molecule has 1 N–H and O–H groups in total. The fourth-order valence-electron chi connectivity index (χ4n) is 3.55. The molecule has 1 aliphatic heterocycles.